The molecule has 0 bridgehead atoms. The zero-order valence-corrected chi connectivity index (χ0v) is 10.6. The van der Waals surface area contributed by atoms with E-state index in [4.69, 9.17) is 0 Å². The van der Waals surface area contributed by atoms with Gasteiger partial charge >= 0.3 is 11.4 Å². The van der Waals surface area contributed by atoms with Crippen LogP contribution in [-0.2, 0) is 12.6 Å². The monoisotopic (exact) mass is 226 g/mol. The lowest BCUT2D eigenvalue weighted by Crippen LogP contribution is -2.49. The van der Waals surface area contributed by atoms with Crippen LogP contribution in [0.4, 0.5) is 5.95 Å². The van der Waals surface area contributed by atoms with Crippen LogP contribution in [-0.4, -0.2) is 28.2 Å². The largest absolute Gasteiger partial charge is 0.355 e. The molecule has 1 aromatic heterocycles. The third kappa shape index (κ3) is 2.00. The Hall–Kier alpha value is -1.59. The van der Waals surface area contributed by atoms with Crippen LogP contribution in [0.2, 0.25) is 0 Å². The van der Waals surface area contributed by atoms with E-state index in [1.165, 1.54) is 4.57 Å². The van der Waals surface area contributed by atoms with E-state index in [-0.39, 0.29) is 5.69 Å². The van der Waals surface area contributed by atoms with Gasteiger partial charge in [-0.05, 0) is 20.8 Å². The molecule has 0 atom stereocenters. The molecule has 0 saturated carbocycles. The first-order chi connectivity index (χ1) is 7.16. The summed E-state index contributed by atoms with van der Waals surface area (Å²) in [5.41, 5.74) is -1.43. The number of aromatic nitrogens is 3. The average Bonchev–Trinajstić information content (AvgIpc) is 2.08. The highest BCUT2D eigenvalue weighted by Gasteiger charge is 2.21. The molecule has 1 aromatic rings. The molecule has 1 rings (SSSR count). The van der Waals surface area contributed by atoms with Crippen molar-refractivity contribution in [3.8, 4) is 0 Å². The lowest BCUT2D eigenvalue weighted by molar-refractivity contribution is 0.349. The summed E-state index contributed by atoms with van der Waals surface area (Å²) in [7, 11) is 5.08. The molecule has 0 aliphatic rings. The van der Waals surface area contributed by atoms with E-state index < -0.39 is 11.2 Å². The second-order valence-electron chi connectivity index (χ2n) is 4.94. The SMILES string of the molecule is CN(C)c1nc(=O)n(C(C)(C)C)c(=O)n1C. The number of anilines is 1. The lowest BCUT2D eigenvalue weighted by Gasteiger charge is -2.23. The number of rotatable bonds is 1. The van der Waals surface area contributed by atoms with Crippen LogP contribution in [0.3, 0.4) is 0 Å². The van der Waals surface area contributed by atoms with E-state index in [1.54, 1.807) is 46.8 Å². The molecule has 0 N–H and O–H groups in total. The second-order valence-corrected chi connectivity index (χ2v) is 4.94. The van der Waals surface area contributed by atoms with Gasteiger partial charge in [0.05, 0.1) is 0 Å². The standard InChI is InChI=1S/C10H18N4O2/c1-10(2,3)14-8(15)11-7(12(4)5)13(6)9(14)16/h1-6H3. The average molecular weight is 226 g/mol. The summed E-state index contributed by atoms with van der Waals surface area (Å²) >= 11 is 0. The van der Waals surface area contributed by atoms with Gasteiger partial charge in [-0.3, -0.25) is 4.57 Å². The molecular weight excluding hydrogens is 208 g/mol. The van der Waals surface area contributed by atoms with Gasteiger partial charge in [-0.2, -0.15) is 4.98 Å². The molecule has 0 fully saturated rings. The quantitative estimate of drug-likeness (QED) is 0.663. The normalized spacial score (nSPS) is 11.6. The van der Waals surface area contributed by atoms with Crippen molar-refractivity contribution in [1.82, 2.24) is 14.1 Å². The van der Waals surface area contributed by atoms with Gasteiger partial charge in [-0.25, -0.2) is 14.2 Å². The summed E-state index contributed by atoms with van der Waals surface area (Å²) < 4.78 is 2.52. The van der Waals surface area contributed by atoms with Crippen LogP contribution in [0.1, 0.15) is 20.8 Å². The minimum Gasteiger partial charge on any atom is -0.348 e. The molecule has 6 nitrogen and oxygen atoms in total. The fraction of sp³-hybridized carbons (Fsp3) is 0.700. The third-order valence-electron chi connectivity index (χ3n) is 2.24. The Balaban J connectivity index is 3.67. The van der Waals surface area contributed by atoms with Crippen molar-refractivity contribution in [2.45, 2.75) is 26.3 Å². The summed E-state index contributed by atoms with van der Waals surface area (Å²) in [5, 5.41) is 0. The second kappa shape index (κ2) is 3.77. The minimum atomic E-state index is -0.566. The van der Waals surface area contributed by atoms with Gasteiger partial charge < -0.3 is 4.90 Å². The van der Waals surface area contributed by atoms with Crippen molar-refractivity contribution in [3.05, 3.63) is 21.0 Å². The van der Waals surface area contributed by atoms with Crippen LogP contribution < -0.4 is 16.3 Å². The van der Waals surface area contributed by atoms with E-state index >= 15 is 0 Å². The van der Waals surface area contributed by atoms with Gasteiger partial charge in [0, 0.05) is 26.7 Å². The highest BCUT2D eigenvalue weighted by atomic mass is 16.2. The first-order valence-corrected chi connectivity index (χ1v) is 5.04. The van der Waals surface area contributed by atoms with Crippen molar-refractivity contribution < 1.29 is 0 Å². The molecule has 0 aliphatic carbocycles. The predicted octanol–water partition coefficient (Wildman–Crippen LogP) is -0.237. The van der Waals surface area contributed by atoms with Crippen molar-refractivity contribution in [2.24, 2.45) is 7.05 Å². The predicted molar refractivity (Wildman–Crippen MR) is 63.1 cm³/mol. The van der Waals surface area contributed by atoms with Crippen LogP contribution in [0.15, 0.2) is 9.59 Å². The van der Waals surface area contributed by atoms with E-state index in [9.17, 15) is 9.59 Å². The summed E-state index contributed by atoms with van der Waals surface area (Å²) in [5.74, 6) is 0.357. The van der Waals surface area contributed by atoms with Gasteiger partial charge in [-0.1, -0.05) is 0 Å². The van der Waals surface area contributed by atoms with Gasteiger partial charge in [0.25, 0.3) is 0 Å². The molecule has 6 heteroatoms. The fourth-order valence-electron chi connectivity index (χ4n) is 1.50. The van der Waals surface area contributed by atoms with E-state index in [0.29, 0.717) is 5.95 Å². The van der Waals surface area contributed by atoms with Crippen molar-refractivity contribution in [1.29, 1.82) is 0 Å². The molecule has 0 unspecified atom stereocenters. The Labute approximate surface area is 94.1 Å². The zero-order valence-electron chi connectivity index (χ0n) is 10.6. The van der Waals surface area contributed by atoms with Crippen molar-refractivity contribution in [2.75, 3.05) is 19.0 Å². The molecule has 0 amide bonds. The van der Waals surface area contributed by atoms with Gasteiger partial charge in [0.15, 0.2) is 0 Å². The smallest absolute Gasteiger partial charge is 0.348 e. The Morgan fingerprint density at radius 1 is 1.19 bits per heavy atom. The highest BCUT2D eigenvalue weighted by Crippen LogP contribution is 2.08. The lowest BCUT2D eigenvalue weighted by atomic mass is 10.1. The maximum absolute atomic E-state index is 12.0. The van der Waals surface area contributed by atoms with Crippen LogP contribution in [0.25, 0.3) is 0 Å². The summed E-state index contributed by atoms with van der Waals surface area (Å²) in [6.45, 7) is 5.40. The number of nitrogens with zero attached hydrogens (tertiary/aromatic N) is 4. The maximum Gasteiger partial charge on any atom is 0.355 e. The Morgan fingerprint density at radius 3 is 2.06 bits per heavy atom. The molecule has 1 heterocycles. The van der Waals surface area contributed by atoms with Gasteiger partial charge in [-0.15, -0.1) is 0 Å². The molecule has 0 aliphatic heterocycles. The van der Waals surface area contributed by atoms with Crippen LogP contribution >= 0.6 is 0 Å². The first-order valence-electron chi connectivity index (χ1n) is 5.04. The first kappa shape index (κ1) is 12.5. The molecule has 16 heavy (non-hydrogen) atoms. The van der Waals surface area contributed by atoms with E-state index in [1.807, 2.05) is 0 Å². The molecular formula is C10H18N4O2. The molecule has 0 aromatic carbocycles. The van der Waals surface area contributed by atoms with Crippen molar-refractivity contribution in [3.63, 3.8) is 0 Å². The molecule has 0 radical (unpaired) electrons. The zero-order chi connectivity index (χ0) is 12.7. The van der Waals surface area contributed by atoms with Crippen molar-refractivity contribution >= 4 is 5.95 Å². The number of hydrogen-bond donors (Lipinski definition) is 0. The summed E-state index contributed by atoms with van der Waals surface area (Å²) in [6, 6.07) is 0. The molecule has 0 spiro atoms. The Morgan fingerprint density at radius 2 is 1.69 bits per heavy atom. The number of hydrogen-bond acceptors (Lipinski definition) is 4. The van der Waals surface area contributed by atoms with Crippen LogP contribution in [0.5, 0.6) is 0 Å². The Kier molecular flexibility index (Phi) is 2.94. The van der Waals surface area contributed by atoms with Crippen LogP contribution in [0, 0.1) is 0 Å². The van der Waals surface area contributed by atoms with Gasteiger partial charge in [0.2, 0.25) is 5.95 Å². The third-order valence-corrected chi connectivity index (χ3v) is 2.24. The van der Waals surface area contributed by atoms with E-state index in [0.717, 1.165) is 4.57 Å². The summed E-state index contributed by atoms with van der Waals surface area (Å²) in [6.07, 6.45) is 0. The molecule has 90 valence electrons. The summed E-state index contributed by atoms with van der Waals surface area (Å²) in [4.78, 5) is 29.3. The van der Waals surface area contributed by atoms with E-state index in [2.05, 4.69) is 4.98 Å². The maximum atomic E-state index is 12.0. The topological polar surface area (TPSA) is 60.1 Å². The fourth-order valence-corrected chi connectivity index (χ4v) is 1.50. The Bertz CT molecular complexity index is 505. The molecule has 0 saturated heterocycles. The minimum absolute atomic E-state index is 0.351. The highest BCUT2D eigenvalue weighted by molar-refractivity contribution is 5.25. The van der Waals surface area contributed by atoms with Gasteiger partial charge in [0.1, 0.15) is 0 Å².